The Labute approximate surface area is 190 Å². The summed E-state index contributed by atoms with van der Waals surface area (Å²) < 4.78 is 17.0. The number of amides is 1. The number of fused-ring (bicyclic) bond motifs is 3. The number of likely N-dealkylation sites (N-methyl/N-ethyl adjacent to an activating group) is 1. The maximum Gasteiger partial charge on any atom is 0.339 e. The summed E-state index contributed by atoms with van der Waals surface area (Å²) in [6, 6.07) is 18.3. The van der Waals surface area contributed by atoms with Crippen LogP contribution in [0.25, 0.3) is 0 Å². The molecule has 0 fully saturated rings. The van der Waals surface area contributed by atoms with Crippen LogP contribution in [0.15, 0.2) is 60.7 Å². The molecule has 0 spiro atoms. The molecular formula is C26H22N2O5. The third-order valence-corrected chi connectivity index (χ3v) is 6.56. The smallest absolute Gasteiger partial charge is 0.339 e. The normalized spacial score (nSPS) is 20.7. The Hall–Kier alpha value is -3.84. The number of nitrogens with zero attached hydrogens (tertiary/aromatic N) is 1. The number of rotatable bonds is 3. The lowest BCUT2D eigenvalue weighted by Gasteiger charge is -2.37. The van der Waals surface area contributed by atoms with Crippen LogP contribution in [-0.2, 0) is 11.2 Å². The maximum absolute atomic E-state index is 12.8. The van der Waals surface area contributed by atoms with E-state index in [-0.39, 0.29) is 24.7 Å². The highest BCUT2D eigenvalue weighted by atomic mass is 16.7. The van der Waals surface area contributed by atoms with Crippen molar-refractivity contribution in [1.82, 2.24) is 4.90 Å². The molecule has 3 aromatic rings. The first-order valence-corrected chi connectivity index (χ1v) is 10.9. The molecule has 2 unspecified atom stereocenters. The Bertz CT molecular complexity index is 1270. The molecule has 0 aromatic heterocycles. The third-order valence-electron chi connectivity index (χ3n) is 6.56. The van der Waals surface area contributed by atoms with E-state index in [0.29, 0.717) is 16.8 Å². The lowest BCUT2D eigenvalue weighted by atomic mass is 9.86. The zero-order valence-electron chi connectivity index (χ0n) is 18.0. The molecule has 1 amide bonds. The highest BCUT2D eigenvalue weighted by Crippen LogP contribution is 2.48. The molecule has 3 aliphatic heterocycles. The predicted octanol–water partition coefficient (Wildman–Crippen LogP) is 4.11. The minimum atomic E-state index is -0.448. The summed E-state index contributed by atoms with van der Waals surface area (Å²) in [5.41, 5.74) is 4.67. The zero-order valence-corrected chi connectivity index (χ0v) is 18.0. The van der Waals surface area contributed by atoms with Crippen LogP contribution >= 0.6 is 0 Å². The van der Waals surface area contributed by atoms with Crippen LogP contribution in [0, 0.1) is 0 Å². The number of carbonyl (C=O) groups is 2. The monoisotopic (exact) mass is 442 g/mol. The molecule has 0 radical (unpaired) electrons. The number of hydrogen-bond donors (Lipinski definition) is 1. The molecule has 0 aliphatic carbocycles. The van der Waals surface area contributed by atoms with Gasteiger partial charge in [0.25, 0.3) is 5.91 Å². The van der Waals surface area contributed by atoms with Gasteiger partial charge in [-0.15, -0.1) is 0 Å². The lowest BCUT2D eigenvalue weighted by Crippen LogP contribution is -2.36. The van der Waals surface area contributed by atoms with Crippen molar-refractivity contribution in [2.75, 3.05) is 25.7 Å². The Balaban J connectivity index is 1.33. The Morgan fingerprint density at radius 2 is 1.79 bits per heavy atom. The van der Waals surface area contributed by atoms with Gasteiger partial charge in [0.1, 0.15) is 6.10 Å². The van der Waals surface area contributed by atoms with Crippen LogP contribution in [0.2, 0.25) is 0 Å². The zero-order chi connectivity index (χ0) is 22.5. The molecule has 0 saturated heterocycles. The van der Waals surface area contributed by atoms with Crippen molar-refractivity contribution in [3.63, 3.8) is 0 Å². The van der Waals surface area contributed by atoms with Gasteiger partial charge in [-0.05, 0) is 61.0 Å². The molecule has 2 atom stereocenters. The number of esters is 1. The van der Waals surface area contributed by atoms with Gasteiger partial charge in [0.2, 0.25) is 6.79 Å². The number of hydrogen-bond acceptors (Lipinski definition) is 6. The van der Waals surface area contributed by atoms with Crippen LogP contribution in [0.1, 0.15) is 49.6 Å². The number of anilines is 1. The van der Waals surface area contributed by atoms with E-state index in [1.807, 2.05) is 49.5 Å². The van der Waals surface area contributed by atoms with E-state index in [1.165, 1.54) is 5.56 Å². The van der Waals surface area contributed by atoms with Gasteiger partial charge in [-0.3, -0.25) is 9.69 Å². The molecular weight excluding hydrogens is 420 g/mol. The Morgan fingerprint density at radius 1 is 1.00 bits per heavy atom. The molecule has 166 valence electrons. The SMILES string of the molecule is CN1CCc2cc3c(cc2C1C1OC(=O)c2cc(NC(=O)c4ccccc4)ccc21)OCO3. The summed E-state index contributed by atoms with van der Waals surface area (Å²) in [7, 11) is 2.04. The van der Waals surface area contributed by atoms with E-state index >= 15 is 0 Å². The molecule has 3 heterocycles. The van der Waals surface area contributed by atoms with Gasteiger partial charge in [-0.1, -0.05) is 24.3 Å². The summed E-state index contributed by atoms with van der Waals surface area (Å²) in [5, 5.41) is 2.87. The fraction of sp³-hybridized carbons (Fsp3) is 0.231. The van der Waals surface area contributed by atoms with E-state index in [4.69, 9.17) is 14.2 Å². The third kappa shape index (κ3) is 3.32. The van der Waals surface area contributed by atoms with Crippen molar-refractivity contribution in [3.05, 3.63) is 88.5 Å². The molecule has 3 aromatic carbocycles. The minimum Gasteiger partial charge on any atom is -0.454 e. The number of ether oxygens (including phenoxy) is 3. The fourth-order valence-corrected chi connectivity index (χ4v) is 4.89. The summed E-state index contributed by atoms with van der Waals surface area (Å²) in [6.45, 7) is 1.06. The van der Waals surface area contributed by atoms with E-state index < -0.39 is 6.10 Å². The van der Waals surface area contributed by atoms with Crippen LogP contribution in [0.4, 0.5) is 5.69 Å². The quantitative estimate of drug-likeness (QED) is 0.616. The summed E-state index contributed by atoms with van der Waals surface area (Å²) in [5.74, 6) is 0.875. The van der Waals surface area contributed by atoms with Gasteiger partial charge in [0.15, 0.2) is 11.5 Å². The van der Waals surface area contributed by atoms with Crippen molar-refractivity contribution in [2.24, 2.45) is 0 Å². The van der Waals surface area contributed by atoms with Crippen molar-refractivity contribution in [3.8, 4) is 11.5 Å². The first kappa shape index (κ1) is 19.8. The van der Waals surface area contributed by atoms with Gasteiger partial charge < -0.3 is 19.5 Å². The minimum absolute atomic E-state index is 0.141. The molecule has 3 aliphatic rings. The largest absolute Gasteiger partial charge is 0.454 e. The number of cyclic esters (lactones) is 1. The number of benzene rings is 3. The maximum atomic E-state index is 12.8. The predicted molar refractivity (Wildman–Crippen MR) is 121 cm³/mol. The molecule has 33 heavy (non-hydrogen) atoms. The highest BCUT2D eigenvalue weighted by Gasteiger charge is 2.42. The topological polar surface area (TPSA) is 77.1 Å². The van der Waals surface area contributed by atoms with Gasteiger partial charge >= 0.3 is 5.97 Å². The van der Waals surface area contributed by atoms with Crippen molar-refractivity contribution >= 4 is 17.6 Å². The van der Waals surface area contributed by atoms with Crippen LogP contribution in [0.3, 0.4) is 0 Å². The highest BCUT2D eigenvalue weighted by molar-refractivity contribution is 6.05. The van der Waals surface area contributed by atoms with Crippen LogP contribution in [-0.4, -0.2) is 37.2 Å². The molecule has 7 heteroatoms. The van der Waals surface area contributed by atoms with Gasteiger partial charge in [-0.25, -0.2) is 4.79 Å². The van der Waals surface area contributed by atoms with Crippen molar-refractivity contribution < 1.29 is 23.8 Å². The summed E-state index contributed by atoms with van der Waals surface area (Å²) in [4.78, 5) is 27.6. The second kappa shape index (κ2) is 7.64. The molecule has 0 bridgehead atoms. The molecule has 1 N–H and O–H groups in total. The van der Waals surface area contributed by atoms with Gasteiger partial charge in [0.05, 0.1) is 11.6 Å². The van der Waals surface area contributed by atoms with Crippen molar-refractivity contribution in [2.45, 2.75) is 18.6 Å². The van der Waals surface area contributed by atoms with E-state index in [2.05, 4.69) is 10.2 Å². The number of carbonyl (C=O) groups excluding carboxylic acids is 2. The van der Waals surface area contributed by atoms with Crippen LogP contribution in [0.5, 0.6) is 11.5 Å². The van der Waals surface area contributed by atoms with Crippen molar-refractivity contribution in [1.29, 1.82) is 0 Å². The number of nitrogens with one attached hydrogen (secondary N) is 1. The standard InChI is InChI=1S/C26H22N2O5/c1-28-10-9-16-11-21-22(32-14-31-21)13-19(16)23(28)24-18-8-7-17(12-20(18)26(30)33-24)27-25(29)15-5-3-2-4-6-15/h2-8,11-13,23-24H,9-10,14H2,1H3,(H,27,29). The first-order valence-electron chi connectivity index (χ1n) is 10.9. The second-order valence-electron chi connectivity index (χ2n) is 8.53. The summed E-state index contributed by atoms with van der Waals surface area (Å²) >= 11 is 0. The van der Waals surface area contributed by atoms with Gasteiger partial charge in [0, 0.05) is 23.4 Å². The molecule has 6 rings (SSSR count). The van der Waals surface area contributed by atoms with E-state index in [1.54, 1.807) is 18.2 Å². The van der Waals surface area contributed by atoms with E-state index in [0.717, 1.165) is 35.6 Å². The second-order valence-corrected chi connectivity index (χ2v) is 8.53. The lowest BCUT2D eigenvalue weighted by molar-refractivity contribution is 0.00942. The van der Waals surface area contributed by atoms with Crippen LogP contribution < -0.4 is 14.8 Å². The molecule has 7 nitrogen and oxygen atoms in total. The molecule has 0 saturated carbocycles. The first-order chi connectivity index (χ1) is 16.1. The summed E-state index contributed by atoms with van der Waals surface area (Å²) in [6.07, 6.45) is 0.438. The average Bonchev–Trinajstić information content (AvgIpc) is 3.42. The average molecular weight is 442 g/mol. The van der Waals surface area contributed by atoms with E-state index in [9.17, 15) is 9.59 Å². The Morgan fingerprint density at radius 3 is 2.61 bits per heavy atom. The Kier molecular flexibility index (Phi) is 4.58. The van der Waals surface area contributed by atoms with Gasteiger partial charge in [-0.2, -0.15) is 0 Å². The fourth-order valence-electron chi connectivity index (χ4n) is 4.89.